The van der Waals surface area contributed by atoms with E-state index in [0.717, 1.165) is 31.7 Å². The van der Waals surface area contributed by atoms with Crippen LogP contribution in [-0.4, -0.2) is 24.2 Å². The highest BCUT2D eigenvalue weighted by molar-refractivity contribution is 5.73. The lowest BCUT2D eigenvalue weighted by Crippen LogP contribution is -2.34. The lowest BCUT2D eigenvalue weighted by atomic mass is 10.1. The maximum atomic E-state index is 11.0. The Morgan fingerprint density at radius 1 is 1.29 bits per heavy atom. The van der Waals surface area contributed by atoms with Gasteiger partial charge in [0.25, 0.3) is 0 Å². The van der Waals surface area contributed by atoms with Crippen LogP contribution in [0, 0.1) is 0 Å². The number of piperidine rings is 1. The number of oxazole rings is 1. The summed E-state index contributed by atoms with van der Waals surface area (Å²) < 4.78 is 10.8. The first-order valence-electron chi connectivity index (χ1n) is 5.81. The molecule has 90 valence electrons. The SMILES string of the molecule is O=c1[nH]c2cc(OC3CCNCC3)ccc2o1. The van der Waals surface area contributed by atoms with E-state index in [1.165, 1.54) is 0 Å². The Hall–Kier alpha value is -1.75. The van der Waals surface area contributed by atoms with Gasteiger partial charge in [-0.15, -0.1) is 0 Å². The molecule has 0 atom stereocenters. The van der Waals surface area contributed by atoms with Crippen molar-refractivity contribution in [3.63, 3.8) is 0 Å². The van der Waals surface area contributed by atoms with Crippen molar-refractivity contribution in [3.05, 3.63) is 28.7 Å². The number of aromatic amines is 1. The smallest absolute Gasteiger partial charge is 0.417 e. The quantitative estimate of drug-likeness (QED) is 0.820. The van der Waals surface area contributed by atoms with E-state index < -0.39 is 5.76 Å². The fourth-order valence-corrected chi connectivity index (χ4v) is 2.11. The number of hydrogen-bond acceptors (Lipinski definition) is 4. The molecule has 1 aromatic carbocycles. The molecule has 1 saturated heterocycles. The standard InChI is InChI=1S/C12H14N2O3/c15-12-14-10-7-9(1-2-11(10)17-12)16-8-3-5-13-6-4-8/h1-2,7-8,13H,3-6H2,(H,14,15). The molecule has 1 fully saturated rings. The van der Waals surface area contributed by atoms with Gasteiger partial charge in [0.15, 0.2) is 5.58 Å². The molecule has 0 bridgehead atoms. The Balaban J connectivity index is 1.82. The average molecular weight is 234 g/mol. The molecule has 1 aliphatic heterocycles. The molecule has 5 heteroatoms. The Morgan fingerprint density at radius 3 is 2.94 bits per heavy atom. The second kappa shape index (κ2) is 4.25. The highest BCUT2D eigenvalue weighted by Crippen LogP contribution is 2.21. The van der Waals surface area contributed by atoms with Crippen molar-refractivity contribution in [2.75, 3.05) is 13.1 Å². The van der Waals surface area contributed by atoms with E-state index >= 15 is 0 Å². The number of nitrogens with one attached hydrogen (secondary N) is 2. The molecule has 0 amide bonds. The van der Waals surface area contributed by atoms with Crippen molar-refractivity contribution < 1.29 is 9.15 Å². The minimum Gasteiger partial charge on any atom is -0.490 e. The van der Waals surface area contributed by atoms with Crippen LogP contribution in [0.3, 0.4) is 0 Å². The summed E-state index contributed by atoms with van der Waals surface area (Å²) >= 11 is 0. The first kappa shape index (κ1) is 10.4. The zero-order valence-corrected chi connectivity index (χ0v) is 9.36. The highest BCUT2D eigenvalue weighted by atomic mass is 16.5. The van der Waals surface area contributed by atoms with E-state index in [4.69, 9.17) is 9.15 Å². The average Bonchev–Trinajstić information content (AvgIpc) is 2.70. The minimum atomic E-state index is -0.431. The maximum absolute atomic E-state index is 11.0. The van der Waals surface area contributed by atoms with E-state index in [2.05, 4.69) is 10.3 Å². The normalized spacial score (nSPS) is 17.4. The van der Waals surface area contributed by atoms with Crippen LogP contribution in [-0.2, 0) is 0 Å². The summed E-state index contributed by atoms with van der Waals surface area (Å²) in [7, 11) is 0. The Labute approximate surface area is 97.8 Å². The zero-order chi connectivity index (χ0) is 11.7. The van der Waals surface area contributed by atoms with Crippen LogP contribution >= 0.6 is 0 Å². The van der Waals surface area contributed by atoms with Crippen LogP contribution < -0.4 is 15.8 Å². The Morgan fingerprint density at radius 2 is 2.12 bits per heavy atom. The molecular weight excluding hydrogens is 220 g/mol. The van der Waals surface area contributed by atoms with Crippen molar-refractivity contribution in [2.24, 2.45) is 0 Å². The summed E-state index contributed by atoms with van der Waals surface area (Å²) in [5.41, 5.74) is 1.24. The van der Waals surface area contributed by atoms with Gasteiger partial charge in [-0.3, -0.25) is 4.98 Å². The van der Waals surface area contributed by atoms with Crippen molar-refractivity contribution in [1.29, 1.82) is 0 Å². The largest absolute Gasteiger partial charge is 0.490 e. The molecule has 3 rings (SSSR count). The van der Waals surface area contributed by atoms with Gasteiger partial charge in [0.2, 0.25) is 0 Å². The third-order valence-corrected chi connectivity index (χ3v) is 2.98. The number of benzene rings is 1. The molecule has 0 spiro atoms. The summed E-state index contributed by atoms with van der Waals surface area (Å²) in [6.07, 6.45) is 2.28. The monoisotopic (exact) mass is 234 g/mol. The van der Waals surface area contributed by atoms with Gasteiger partial charge in [0, 0.05) is 6.07 Å². The molecular formula is C12H14N2O3. The molecule has 1 aromatic heterocycles. The second-order valence-corrected chi connectivity index (χ2v) is 4.24. The molecule has 0 radical (unpaired) electrons. The van der Waals surface area contributed by atoms with Crippen molar-refractivity contribution >= 4 is 11.1 Å². The van der Waals surface area contributed by atoms with Crippen LogP contribution in [0.25, 0.3) is 11.1 Å². The molecule has 17 heavy (non-hydrogen) atoms. The van der Waals surface area contributed by atoms with E-state index in [-0.39, 0.29) is 6.10 Å². The third kappa shape index (κ3) is 2.19. The lowest BCUT2D eigenvalue weighted by molar-refractivity contribution is 0.162. The Bertz CT molecular complexity index is 566. The van der Waals surface area contributed by atoms with Crippen LogP contribution in [0.15, 0.2) is 27.4 Å². The van der Waals surface area contributed by atoms with E-state index in [1.54, 1.807) is 6.07 Å². The summed E-state index contributed by atoms with van der Waals surface area (Å²) in [5, 5.41) is 3.29. The maximum Gasteiger partial charge on any atom is 0.417 e. The first-order valence-corrected chi connectivity index (χ1v) is 5.81. The Kier molecular flexibility index (Phi) is 2.60. The van der Waals surface area contributed by atoms with Crippen LogP contribution in [0.4, 0.5) is 0 Å². The predicted molar refractivity (Wildman–Crippen MR) is 63.4 cm³/mol. The fourth-order valence-electron chi connectivity index (χ4n) is 2.11. The number of H-pyrrole nitrogens is 1. The number of ether oxygens (including phenoxy) is 1. The molecule has 0 saturated carbocycles. The van der Waals surface area contributed by atoms with Crippen molar-refractivity contribution in [2.45, 2.75) is 18.9 Å². The third-order valence-electron chi connectivity index (χ3n) is 2.98. The number of hydrogen-bond donors (Lipinski definition) is 2. The van der Waals surface area contributed by atoms with Crippen LogP contribution in [0.2, 0.25) is 0 Å². The van der Waals surface area contributed by atoms with Gasteiger partial charge in [-0.05, 0) is 38.1 Å². The van der Waals surface area contributed by atoms with Gasteiger partial charge in [0.05, 0.1) is 5.52 Å². The molecule has 2 aromatic rings. The van der Waals surface area contributed by atoms with Gasteiger partial charge in [-0.1, -0.05) is 0 Å². The molecule has 2 N–H and O–H groups in total. The predicted octanol–water partition coefficient (Wildman–Crippen LogP) is 1.25. The molecule has 0 aliphatic carbocycles. The van der Waals surface area contributed by atoms with Crippen molar-refractivity contribution in [3.8, 4) is 5.75 Å². The number of aromatic nitrogens is 1. The van der Waals surface area contributed by atoms with E-state index in [1.807, 2.05) is 12.1 Å². The van der Waals surface area contributed by atoms with Gasteiger partial charge in [0.1, 0.15) is 11.9 Å². The summed E-state index contributed by atoms with van der Waals surface area (Å²) in [6, 6.07) is 5.40. The topological polar surface area (TPSA) is 67.3 Å². The summed E-state index contributed by atoms with van der Waals surface area (Å²) in [6.45, 7) is 1.99. The first-order chi connectivity index (χ1) is 8.31. The zero-order valence-electron chi connectivity index (χ0n) is 9.36. The molecule has 0 unspecified atom stereocenters. The summed E-state index contributed by atoms with van der Waals surface area (Å²) in [5.74, 6) is 0.348. The van der Waals surface area contributed by atoms with Gasteiger partial charge >= 0.3 is 5.76 Å². The summed E-state index contributed by atoms with van der Waals surface area (Å²) in [4.78, 5) is 13.6. The fraction of sp³-hybridized carbons (Fsp3) is 0.417. The second-order valence-electron chi connectivity index (χ2n) is 4.24. The van der Waals surface area contributed by atoms with Gasteiger partial charge < -0.3 is 14.5 Å². The van der Waals surface area contributed by atoms with Crippen molar-refractivity contribution in [1.82, 2.24) is 10.3 Å². The lowest BCUT2D eigenvalue weighted by Gasteiger charge is -2.23. The highest BCUT2D eigenvalue weighted by Gasteiger charge is 2.14. The molecule has 2 heterocycles. The van der Waals surface area contributed by atoms with E-state index in [0.29, 0.717) is 11.1 Å². The van der Waals surface area contributed by atoms with Gasteiger partial charge in [-0.25, -0.2) is 4.79 Å². The van der Waals surface area contributed by atoms with Crippen LogP contribution in [0.1, 0.15) is 12.8 Å². The molecule has 1 aliphatic rings. The number of rotatable bonds is 2. The number of fused-ring (bicyclic) bond motifs is 1. The van der Waals surface area contributed by atoms with E-state index in [9.17, 15) is 4.79 Å². The minimum absolute atomic E-state index is 0.257. The van der Waals surface area contributed by atoms with Gasteiger partial charge in [-0.2, -0.15) is 0 Å². The molecule has 5 nitrogen and oxygen atoms in total. The van der Waals surface area contributed by atoms with Crippen LogP contribution in [0.5, 0.6) is 5.75 Å².